The number of halogens is 1. The monoisotopic (exact) mass is 251 g/mol. The molecule has 2 N–H and O–H groups in total. The lowest BCUT2D eigenvalue weighted by Crippen LogP contribution is -2.46. The van der Waals surface area contributed by atoms with E-state index in [1.165, 1.54) is 0 Å². The maximum atomic E-state index is 13.2. The highest BCUT2D eigenvalue weighted by Gasteiger charge is 2.41. The van der Waals surface area contributed by atoms with Gasteiger partial charge in [0.1, 0.15) is 6.17 Å². The van der Waals surface area contributed by atoms with Crippen molar-refractivity contribution in [1.29, 1.82) is 0 Å². The molecule has 2 rings (SSSR count). The maximum absolute atomic E-state index is 13.2. The Bertz CT molecular complexity index is 388. The van der Waals surface area contributed by atoms with Gasteiger partial charge in [-0.25, -0.2) is 4.39 Å². The summed E-state index contributed by atoms with van der Waals surface area (Å²) in [6, 6.07) is 8.85. The Hall–Kier alpha value is -1.42. The number of nitrogens with one attached hydrogen (secondary N) is 1. The lowest BCUT2D eigenvalue weighted by molar-refractivity contribution is -0.114. The molecule has 0 spiro atoms. The smallest absolute Gasteiger partial charge is 0.207 e. The number of hydrogen-bond donors (Lipinski definition) is 2. The second-order valence-electron chi connectivity index (χ2n) is 4.91. The highest BCUT2D eigenvalue weighted by molar-refractivity contribution is 5.48. The van der Waals surface area contributed by atoms with E-state index in [1.54, 1.807) is 0 Å². The molecule has 1 aromatic carbocycles. The van der Waals surface area contributed by atoms with Gasteiger partial charge in [-0.1, -0.05) is 30.3 Å². The van der Waals surface area contributed by atoms with Crippen LogP contribution in [0.15, 0.2) is 30.3 Å². The van der Waals surface area contributed by atoms with Gasteiger partial charge in [0.15, 0.2) is 0 Å². The topological polar surface area (TPSA) is 49.3 Å². The summed E-state index contributed by atoms with van der Waals surface area (Å²) in [5, 5.41) is 13.3. The highest BCUT2D eigenvalue weighted by Crippen LogP contribution is 2.39. The van der Waals surface area contributed by atoms with Gasteiger partial charge in [-0.3, -0.25) is 4.79 Å². The van der Waals surface area contributed by atoms with Crippen LogP contribution in [0.2, 0.25) is 0 Å². The number of hydrogen-bond acceptors (Lipinski definition) is 2. The molecule has 0 unspecified atom stereocenters. The fourth-order valence-corrected chi connectivity index (χ4v) is 2.65. The van der Waals surface area contributed by atoms with Gasteiger partial charge in [-0.15, -0.1) is 0 Å². The zero-order valence-corrected chi connectivity index (χ0v) is 10.2. The number of aliphatic hydroxyl groups is 1. The molecule has 0 bridgehead atoms. The van der Waals surface area contributed by atoms with Gasteiger partial charge in [-0.05, 0) is 31.2 Å². The van der Waals surface area contributed by atoms with Crippen molar-refractivity contribution in [2.24, 2.45) is 0 Å². The van der Waals surface area contributed by atoms with Gasteiger partial charge >= 0.3 is 0 Å². The van der Waals surface area contributed by atoms with Crippen molar-refractivity contribution in [3.05, 3.63) is 35.9 Å². The van der Waals surface area contributed by atoms with Crippen LogP contribution in [-0.2, 0) is 4.79 Å². The second kappa shape index (κ2) is 5.48. The summed E-state index contributed by atoms with van der Waals surface area (Å²) in [5.41, 5.74) is -0.199. The molecule has 0 aromatic heterocycles. The highest BCUT2D eigenvalue weighted by atomic mass is 19.1. The van der Waals surface area contributed by atoms with E-state index in [-0.39, 0.29) is 0 Å². The fourth-order valence-electron chi connectivity index (χ4n) is 2.65. The third kappa shape index (κ3) is 2.70. The largest absolute Gasteiger partial charge is 0.387 e. The van der Waals surface area contributed by atoms with E-state index in [1.807, 2.05) is 30.3 Å². The summed E-state index contributed by atoms with van der Waals surface area (Å²) in [6.45, 7) is 0. The molecule has 0 heterocycles. The molecule has 0 saturated heterocycles. The first-order valence-electron chi connectivity index (χ1n) is 6.27. The molecule has 1 saturated carbocycles. The predicted octanol–water partition coefficient (Wildman–Crippen LogP) is 2.12. The van der Waals surface area contributed by atoms with Crippen LogP contribution in [0.4, 0.5) is 4.39 Å². The van der Waals surface area contributed by atoms with Crippen molar-refractivity contribution in [1.82, 2.24) is 5.32 Å². The first kappa shape index (κ1) is 13.0. The predicted molar refractivity (Wildman–Crippen MR) is 66.7 cm³/mol. The molecule has 4 heteroatoms. The van der Waals surface area contributed by atoms with Crippen molar-refractivity contribution in [2.45, 2.75) is 43.5 Å². The molecule has 1 atom stereocenters. The quantitative estimate of drug-likeness (QED) is 0.805. The molecule has 1 aromatic rings. The van der Waals surface area contributed by atoms with Crippen LogP contribution in [0, 0.1) is 0 Å². The fraction of sp³-hybridized carbons (Fsp3) is 0.500. The van der Waals surface area contributed by atoms with Gasteiger partial charge in [0, 0.05) is 0 Å². The number of benzene rings is 1. The summed E-state index contributed by atoms with van der Waals surface area (Å²) in [7, 11) is 0. The first-order chi connectivity index (χ1) is 8.65. The number of carbonyl (C=O) groups is 1. The minimum atomic E-state index is -1.05. The van der Waals surface area contributed by atoms with E-state index in [4.69, 9.17) is 0 Å². The lowest BCUT2D eigenvalue weighted by atomic mass is 9.76. The minimum absolute atomic E-state index is 0.348. The molecule has 1 fully saturated rings. The second-order valence-corrected chi connectivity index (χ2v) is 4.91. The Kier molecular flexibility index (Phi) is 3.97. The Morgan fingerprint density at radius 1 is 1.33 bits per heavy atom. The SMILES string of the molecule is O=CN[C@@H](c1ccccc1)C1(O)CCC(F)CC1. The van der Waals surface area contributed by atoms with Gasteiger partial charge in [0.05, 0.1) is 11.6 Å². The lowest BCUT2D eigenvalue weighted by Gasteiger charge is -2.40. The molecule has 0 aliphatic heterocycles. The van der Waals surface area contributed by atoms with E-state index in [2.05, 4.69) is 5.32 Å². The molecule has 3 nitrogen and oxygen atoms in total. The molecule has 1 aliphatic carbocycles. The van der Waals surface area contributed by atoms with Gasteiger partial charge in [0.2, 0.25) is 6.41 Å². The molecular weight excluding hydrogens is 233 g/mol. The Morgan fingerprint density at radius 3 is 2.50 bits per heavy atom. The number of amides is 1. The van der Waals surface area contributed by atoms with E-state index in [9.17, 15) is 14.3 Å². The average Bonchev–Trinajstić information content (AvgIpc) is 2.41. The normalized spacial score (nSPS) is 29.6. The van der Waals surface area contributed by atoms with Crippen molar-refractivity contribution in [3.63, 3.8) is 0 Å². The molecule has 98 valence electrons. The zero-order chi connectivity index (χ0) is 13.0. The van der Waals surface area contributed by atoms with Gasteiger partial charge in [0.25, 0.3) is 0 Å². The van der Waals surface area contributed by atoms with Crippen molar-refractivity contribution in [2.75, 3.05) is 0 Å². The summed E-state index contributed by atoms with van der Waals surface area (Å²) < 4.78 is 13.2. The minimum Gasteiger partial charge on any atom is -0.387 e. The Morgan fingerprint density at radius 2 is 1.94 bits per heavy atom. The van der Waals surface area contributed by atoms with E-state index >= 15 is 0 Å². The number of carbonyl (C=O) groups excluding carboxylic acids is 1. The van der Waals surface area contributed by atoms with Crippen LogP contribution in [0.5, 0.6) is 0 Å². The van der Waals surface area contributed by atoms with E-state index in [0.29, 0.717) is 32.1 Å². The third-order valence-corrected chi connectivity index (χ3v) is 3.69. The van der Waals surface area contributed by atoms with Crippen LogP contribution in [0.3, 0.4) is 0 Å². The zero-order valence-electron chi connectivity index (χ0n) is 10.2. The van der Waals surface area contributed by atoms with Crippen molar-refractivity contribution in [3.8, 4) is 0 Å². The van der Waals surface area contributed by atoms with Gasteiger partial charge < -0.3 is 10.4 Å². The summed E-state index contributed by atoms with van der Waals surface area (Å²) in [6.07, 6.45) is 1.19. The molecule has 1 amide bonds. The number of alkyl halides is 1. The third-order valence-electron chi connectivity index (χ3n) is 3.69. The van der Waals surface area contributed by atoms with Crippen LogP contribution in [0.1, 0.15) is 37.3 Å². The van der Waals surface area contributed by atoms with Crippen molar-refractivity contribution >= 4 is 6.41 Å². The average molecular weight is 251 g/mol. The Balaban J connectivity index is 2.22. The molecule has 0 radical (unpaired) electrons. The van der Waals surface area contributed by atoms with Crippen molar-refractivity contribution < 1.29 is 14.3 Å². The summed E-state index contributed by atoms with van der Waals surface area (Å²) in [5.74, 6) is 0. The van der Waals surface area contributed by atoms with Crippen LogP contribution < -0.4 is 5.32 Å². The van der Waals surface area contributed by atoms with E-state index in [0.717, 1.165) is 5.56 Å². The molecular formula is C14H18FNO2. The van der Waals surface area contributed by atoms with E-state index < -0.39 is 17.8 Å². The Labute approximate surface area is 106 Å². The standard InChI is InChI=1S/C14H18FNO2/c15-12-6-8-14(18,9-7-12)13(16-10-17)11-4-2-1-3-5-11/h1-5,10,12-13,18H,6-9H2,(H,16,17)/t12?,13-,14?/m0/s1. The maximum Gasteiger partial charge on any atom is 0.207 e. The molecule has 18 heavy (non-hydrogen) atoms. The summed E-state index contributed by atoms with van der Waals surface area (Å²) in [4.78, 5) is 10.7. The van der Waals surface area contributed by atoms with Crippen LogP contribution in [-0.4, -0.2) is 23.3 Å². The summed E-state index contributed by atoms with van der Waals surface area (Å²) >= 11 is 0. The van der Waals surface area contributed by atoms with Crippen LogP contribution in [0.25, 0.3) is 0 Å². The number of rotatable bonds is 4. The van der Waals surface area contributed by atoms with Crippen LogP contribution >= 0.6 is 0 Å². The first-order valence-corrected chi connectivity index (χ1v) is 6.27. The van der Waals surface area contributed by atoms with Gasteiger partial charge in [-0.2, -0.15) is 0 Å². The molecule has 1 aliphatic rings.